The van der Waals surface area contributed by atoms with Gasteiger partial charge in [-0.25, -0.2) is 8.42 Å². The van der Waals surface area contributed by atoms with Gasteiger partial charge in [-0.05, 0) is 79.9 Å². The average molecular weight is 662 g/mol. The summed E-state index contributed by atoms with van der Waals surface area (Å²) in [4.78, 5) is 29.7. The number of aryl methyl sites for hydroxylation is 1. The average Bonchev–Trinajstić information content (AvgIpc) is 3.05. The predicted octanol–water partition coefficient (Wildman–Crippen LogP) is 6.41. The van der Waals surface area contributed by atoms with Crippen LogP contribution in [-0.4, -0.2) is 50.9 Å². The number of nitrogens with one attached hydrogen (secondary N) is 1. The number of anilines is 1. The Labute approximate surface area is 277 Å². The van der Waals surface area contributed by atoms with Gasteiger partial charge in [0, 0.05) is 24.5 Å². The van der Waals surface area contributed by atoms with Crippen molar-refractivity contribution >= 4 is 39.1 Å². The molecule has 2 amide bonds. The molecule has 0 fully saturated rings. The first-order chi connectivity index (χ1) is 22.1. The molecule has 0 unspecified atom stereocenters. The minimum Gasteiger partial charge on any atom is -0.494 e. The summed E-state index contributed by atoms with van der Waals surface area (Å²) in [6.45, 7) is 6.08. The van der Waals surface area contributed by atoms with Crippen LogP contribution in [0.1, 0.15) is 37.0 Å². The van der Waals surface area contributed by atoms with Crippen molar-refractivity contribution in [2.45, 2.75) is 51.1 Å². The normalized spacial score (nSPS) is 11.8. The zero-order valence-electron chi connectivity index (χ0n) is 26.4. The summed E-state index contributed by atoms with van der Waals surface area (Å²) < 4.78 is 35.0. The molecule has 4 aromatic rings. The number of hydrogen-bond acceptors (Lipinski definition) is 5. The third kappa shape index (κ3) is 9.11. The van der Waals surface area contributed by atoms with Gasteiger partial charge in [0.05, 0.1) is 17.2 Å². The standard InChI is InChI=1S/C36H40ClN3O5S/c1-4-22-38-36(42)34(24-28-10-7-6-8-11-28)39(25-29-12-9-13-30(37)23-29)35(41)26-40(31-16-14-27(3)15-17-31)46(43,44)33-20-18-32(19-21-33)45-5-2/h6-21,23,34H,4-5,22,24-26H2,1-3H3,(H,38,42)/t34-/m1/s1. The van der Waals surface area contributed by atoms with Gasteiger partial charge in [-0.3, -0.25) is 13.9 Å². The van der Waals surface area contributed by atoms with Crippen molar-refractivity contribution in [2.75, 3.05) is 24.0 Å². The quantitative estimate of drug-likeness (QED) is 0.159. The Morgan fingerprint density at radius 3 is 2.17 bits per heavy atom. The highest BCUT2D eigenvalue weighted by Crippen LogP contribution is 2.27. The number of amides is 2. The van der Waals surface area contributed by atoms with Crippen LogP contribution >= 0.6 is 11.6 Å². The van der Waals surface area contributed by atoms with E-state index in [-0.39, 0.29) is 23.8 Å². The summed E-state index contributed by atoms with van der Waals surface area (Å²) in [6, 6.07) is 28.6. The van der Waals surface area contributed by atoms with Crippen molar-refractivity contribution in [1.29, 1.82) is 0 Å². The van der Waals surface area contributed by atoms with Gasteiger partial charge in [-0.1, -0.05) is 78.7 Å². The number of carbonyl (C=O) groups is 2. The van der Waals surface area contributed by atoms with Crippen LogP contribution in [0.15, 0.2) is 108 Å². The van der Waals surface area contributed by atoms with Gasteiger partial charge in [-0.2, -0.15) is 0 Å². The molecule has 0 radical (unpaired) electrons. The largest absolute Gasteiger partial charge is 0.494 e. The van der Waals surface area contributed by atoms with Crippen molar-refractivity contribution < 1.29 is 22.7 Å². The fourth-order valence-electron chi connectivity index (χ4n) is 4.99. The van der Waals surface area contributed by atoms with Crippen molar-refractivity contribution in [3.05, 3.63) is 125 Å². The lowest BCUT2D eigenvalue weighted by Gasteiger charge is -2.34. The fourth-order valence-corrected chi connectivity index (χ4v) is 6.62. The first kappa shape index (κ1) is 34.5. The second-order valence-electron chi connectivity index (χ2n) is 10.9. The molecule has 1 atom stereocenters. The molecule has 0 saturated carbocycles. The first-order valence-electron chi connectivity index (χ1n) is 15.3. The van der Waals surface area contributed by atoms with Gasteiger partial charge in [0.1, 0.15) is 18.3 Å². The molecule has 10 heteroatoms. The van der Waals surface area contributed by atoms with E-state index < -0.39 is 28.5 Å². The van der Waals surface area contributed by atoms with Crippen molar-refractivity contribution in [3.8, 4) is 5.75 Å². The number of ether oxygens (including phenoxy) is 1. The SMILES string of the molecule is CCCNC(=O)[C@@H](Cc1ccccc1)N(Cc1cccc(Cl)c1)C(=O)CN(c1ccc(C)cc1)S(=O)(=O)c1ccc(OCC)cc1. The maximum absolute atomic E-state index is 14.5. The Kier molecular flexibility index (Phi) is 12.2. The van der Waals surface area contributed by atoms with E-state index in [4.69, 9.17) is 16.3 Å². The summed E-state index contributed by atoms with van der Waals surface area (Å²) in [6.07, 6.45) is 0.951. The Morgan fingerprint density at radius 2 is 1.54 bits per heavy atom. The van der Waals surface area contributed by atoms with Gasteiger partial charge in [0.2, 0.25) is 11.8 Å². The molecule has 0 aliphatic heterocycles. The number of benzene rings is 4. The van der Waals surface area contributed by atoms with Gasteiger partial charge in [-0.15, -0.1) is 0 Å². The van der Waals surface area contributed by atoms with E-state index in [1.807, 2.05) is 57.2 Å². The van der Waals surface area contributed by atoms with Crippen LogP contribution in [0.4, 0.5) is 5.69 Å². The smallest absolute Gasteiger partial charge is 0.264 e. The van der Waals surface area contributed by atoms with E-state index >= 15 is 0 Å². The van der Waals surface area contributed by atoms with E-state index in [0.717, 1.165) is 15.4 Å². The highest BCUT2D eigenvalue weighted by molar-refractivity contribution is 7.92. The molecule has 8 nitrogen and oxygen atoms in total. The molecule has 0 spiro atoms. The summed E-state index contributed by atoms with van der Waals surface area (Å²) in [5.74, 6) is -0.325. The Morgan fingerprint density at radius 1 is 0.870 bits per heavy atom. The lowest BCUT2D eigenvalue weighted by Crippen LogP contribution is -2.53. The molecule has 0 aromatic heterocycles. The molecule has 46 heavy (non-hydrogen) atoms. The third-order valence-electron chi connectivity index (χ3n) is 7.39. The number of carbonyl (C=O) groups excluding carboxylic acids is 2. The van der Waals surface area contributed by atoms with E-state index in [1.165, 1.54) is 17.0 Å². The summed E-state index contributed by atoms with van der Waals surface area (Å²) in [7, 11) is -4.22. The lowest BCUT2D eigenvalue weighted by molar-refractivity contribution is -0.140. The molecule has 0 saturated heterocycles. The monoisotopic (exact) mass is 661 g/mol. The maximum Gasteiger partial charge on any atom is 0.264 e. The second-order valence-corrected chi connectivity index (χ2v) is 13.2. The van der Waals surface area contributed by atoms with Crippen LogP contribution in [0.5, 0.6) is 5.75 Å². The molecule has 0 aliphatic rings. The molecule has 0 aliphatic carbocycles. The molecule has 0 bridgehead atoms. The van der Waals surface area contributed by atoms with Gasteiger partial charge in [0.25, 0.3) is 10.0 Å². The maximum atomic E-state index is 14.5. The van der Waals surface area contributed by atoms with E-state index in [2.05, 4.69) is 5.32 Å². The van der Waals surface area contributed by atoms with Gasteiger partial charge in [0.15, 0.2) is 0 Å². The Balaban J connectivity index is 1.78. The van der Waals surface area contributed by atoms with E-state index in [0.29, 0.717) is 41.6 Å². The number of halogens is 1. The second kappa shape index (κ2) is 16.3. The molecule has 1 N–H and O–H groups in total. The highest BCUT2D eigenvalue weighted by atomic mass is 35.5. The minimum absolute atomic E-state index is 0.00671. The van der Waals surface area contributed by atoms with Crippen LogP contribution in [0, 0.1) is 6.92 Å². The first-order valence-corrected chi connectivity index (χ1v) is 17.1. The van der Waals surface area contributed by atoms with Gasteiger partial charge < -0.3 is 15.0 Å². The van der Waals surface area contributed by atoms with Crippen LogP contribution in [0.2, 0.25) is 5.02 Å². The Hall–Kier alpha value is -4.34. The number of rotatable bonds is 15. The summed E-state index contributed by atoms with van der Waals surface area (Å²) >= 11 is 6.30. The highest BCUT2D eigenvalue weighted by Gasteiger charge is 2.34. The Bertz CT molecular complexity index is 1700. The lowest BCUT2D eigenvalue weighted by atomic mass is 10.0. The fraction of sp³-hybridized carbons (Fsp3) is 0.278. The van der Waals surface area contributed by atoms with Crippen molar-refractivity contribution in [3.63, 3.8) is 0 Å². The molecule has 4 rings (SSSR count). The van der Waals surface area contributed by atoms with Crippen LogP contribution in [-0.2, 0) is 32.6 Å². The van der Waals surface area contributed by atoms with Gasteiger partial charge >= 0.3 is 0 Å². The zero-order chi connectivity index (χ0) is 33.1. The predicted molar refractivity (Wildman–Crippen MR) is 183 cm³/mol. The van der Waals surface area contributed by atoms with Crippen LogP contribution in [0.25, 0.3) is 0 Å². The van der Waals surface area contributed by atoms with Crippen molar-refractivity contribution in [1.82, 2.24) is 10.2 Å². The summed E-state index contributed by atoms with van der Waals surface area (Å²) in [5.41, 5.74) is 2.83. The summed E-state index contributed by atoms with van der Waals surface area (Å²) in [5, 5.41) is 3.43. The van der Waals surface area contributed by atoms with E-state index in [9.17, 15) is 18.0 Å². The molecular weight excluding hydrogens is 622 g/mol. The molecule has 4 aromatic carbocycles. The topological polar surface area (TPSA) is 96.0 Å². The van der Waals surface area contributed by atoms with E-state index in [1.54, 1.807) is 54.6 Å². The number of sulfonamides is 1. The zero-order valence-corrected chi connectivity index (χ0v) is 27.9. The third-order valence-corrected chi connectivity index (χ3v) is 9.41. The number of hydrogen-bond donors (Lipinski definition) is 1. The van der Waals surface area contributed by atoms with Crippen LogP contribution < -0.4 is 14.4 Å². The molecular formula is C36H40ClN3O5S. The van der Waals surface area contributed by atoms with Crippen molar-refractivity contribution in [2.24, 2.45) is 0 Å². The molecule has 0 heterocycles. The minimum atomic E-state index is -4.22. The van der Waals surface area contributed by atoms with Crippen LogP contribution in [0.3, 0.4) is 0 Å². The molecule has 242 valence electrons. The number of nitrogens with zero attached hydrogens (tertiary/aromatic N) is 2.